The Morgan fingerprint density at radius 1 is 1.00 bits per heavy atom. The zero-order valence-corrected chi connectivity index (χ0v) is 16.0. The average Bonchev–Trinajstić information content (AvgIpc) is 2.85. The first-order chi connectivity index (χ1) is 12.7. The lowest BCUT2D eigenvalue weighted by molar-refractivity contribution is 0.138. The summed E-state index contributed by atoms with van der Waals surface area (Å²) < 4.78 is 22.5. The maximum atomic E-state index is 6.22. The van der Waals surface area contributed by atoms with Crippen LogP contribution in [0.4, 0.5) is 0 Å². The first kappa shape index (κ1) is 18.4. The third-order valence-corrected chi connectivity index (χ3v) is 4.75. The lowest BCUT2D eigenvalue weighted by atomic mass is 10.1. The summed E-state index contributed by atoms with van der Waals surface area (Å²) >= 11 is 0. The molecule has 26 heavy (non-hydrogen) atoms. The van der Waals surface area contributed by atoms with E-state index in [2.05, 4.69) is 17.9 Å². The number of ether oxygens (including phenoxy) is 4. The zero-order chi connectivity index (χ0) is 18.5. The molecule has 0 spiro atoms. The highest BCUT2D eigenvalue weighted by molar-refractivity contribution is 5.42. The molecule has 0 aromatic heterocycles. The Labute approximate surface area is 155 Å². The van der Waals surface area contributed by atoms with Gasteiger partial charge in [-0.05, 0) is 42.8 Å². The highest BCUT2D eigenvalue weighted by Crippen LogP contribution is 2.32. The smallest absolute Gasteiger partial charge is 0.124 e. The van der Waals surface area contributed by atoms with E-state index in [0.717, 1.165) is 60.2 Å². The van der Waals surface area contributed by atoms with Gasteiger partial charge in [0, 0.05) is 30.8 Å². The SMILES string of the molecule is CC[C@H]1CN(Cc2cc(OC)ccc2OC)Cc2cc(OC)ccc2O1. The fourth-order valence-electron chi connectivity index (χ4n) is 3.31. The minimum atomic E-state index is 0.154. The van der Waals surface area contributed by atoms with E-state index in [1.54, 1.807) is 21.3 Å². The minimum absolute atomic E-state index is 0.154. The Kier molecular flexibility index (Phi) is 5.89. The lowest BCUT2D eigenvalue weighted by Gasteiger charge is -2.24. The van der Waals surface area contributed by atoms with E-state index in [1.165, 1.54) is 0 Å². The van der Waals surface area contributed by atoms with Gasteiger partial charge in [-0.15, -0.1) is 0 Å². The van der Waals surface area contributed by atoms with Crippen LogP contribution in [0.2, 0.25) is 0 Å². The summed E-state index contributed by atoms with van der Waals surface area (Å²) in [5.74, 6) is 3.50. The van der Waals surface area contributed by atoms with E-state index in [1.807, 2.05) is 30.3 Å². The normalized spacial score (nSPS) is 17.0. The molecule has 5 heteroatoms. The molecule has 1 aliphatic heterocycles. The van der Waals surface area contributed by atoms with Gasteiger partial charge in [0.1, 0.15) is 29.1 Å². The number of methoxy groups -OCH3 is 3. The summed E-state index contributed by atoms with van der Waals surface area (Å²) in [5, 5.41) is 0. The molecule has 1 atom stereocenters. The van der Waals surface area contributed by atoms with Gasteiger partial charge in [-0.25, -0.2) is 0 Å². The lowest BCUT2D eigenvalue weighted by Crippen LogP contribution is -2.32. The number of rotatable bonds is 6. The molecule has 0 saturated heterocycles. The van der Waals surface area contributed by atoms with E-state index in [-0.39, 0.29) is 6.10 Å². The third kappa shape index (κ3) is 4.05. The predicted octanol–water partition coefficient (Wildman–Crippen LogP) is 3.89. The molecule has 3 rings (SSSR count). The van der Waals surface area contributed by atoms with Gasteiger partial charge in [0.15, 0.2) is 0 Å². The number of hydrogen-bond acceptors (Lipinski definition) is 5. The van der Waals surface area contributed by atoms with Crippen molar-refractivity contribution < 1.29 is 18.9 Å². The van der Waals surface area contributed by atoms with Crippen molar-refractivity contribution in [2.24, 2.45) is 0 Å². The van der Waals surface area contributed by atoms with Gasteiger partial charge in [0.2, 0.25) is 0 Å². The van der Waals surface area contributed by atoms with Crippen LogP contribution in [0.5, 0.6) is 23.0 Å². The van der Waals surface area contributed by atoms with Crippen molar-refractivity contribution in [3.63, 3.8) is 0 Å². The summed E-state index contributed by atoms with van der Waals surface area (Å²) in [7, 11) is 5.07. The van der Waals surface area contributed by atoms with Crippen LogP contribution in [-0.4, -0.2) is 38.9 Å². The molecule has 0 saturated carbocycles. The topological polar surface area (TPSA) is 40.2 Å². The molecular formula is C21H27NO4. The molecule has 0 aliphatic carbocycles. The second-order valence-corrected chi connectivity index (χ2v) is 6.47. The molecule has 2 aromatic rings. The van der Waals surface area contributed by atoms with Crippen molar-refractivity contribution in [3.05, 3.63) is 47.5 Å². The number of benzene rings is 2. The van der Waals surface area contributed by atoms with E-state index >= 15 is 0 Å². The molecule has 0 amide bonds. The highest BCUT2D eigenvalue weighted by atomic mass is 16.5. The standard InChI is InChI=1S/C21H27NO4/c1-5-17-14-22(12-15-10-18(23-2)6-8-20(15)25-4)13-16-11-19(24-3)7-9-21(16)26-17/h6-11,17H,5,12-14H2,1-4H3/t17-/m0/s1. The van der Waals surface area contributed by atoms with Gasteiger partial charge in [-0.2, -0.15) is 0 Å². The molecule has 1 aliphatic rings. The van der Waals surface area contributed by atoms with Crippen molar-refractivity contribution in [1.29, 1.82) is 0 Å². The Balaban J connectivity index is 1.89. The predicted molar refractivity (Wildman–Crippen MR) is 101 cm³/mol. The molecule has 1 heterocycles. The monoisotopic (exact) mass is 357 g/mol. The summed E-state index contributed by atoms with van der Waals surface area (Å²) in [6, 6.07) is 11.9. The molecule has 140 valence electrons. The van der Waals surface area contributed by atoms with Crippen molar-refractivity contribution >= 4 is 0 Å². The van der Waals surface area contributed by atoms with Crippen LogP contribution in [0.15, 0.2) is 36.4 Å². The fraction of sp³-hybridized carbons (Fsp3) is 0.429. The Morgan fingerprint density at radius 2 is 1.73 bits per heavy atom. The maximum Gasteiger partial charge on any atom is 0.124 e. The quantitative estimate of drug-likeness (QED) is 0.784. The number of fused-ring (bicyclic) bond motifs is 1. The zero-order valence-electron chi connectivity index (χ0n) is 16.0. The summed E-state index contributed by atoms with van der Waals surface area (Å²) in [4.78, 5) is 2.39. The van der Waals surface area contributed by atoms with Gasteiger partial charge in [0.05, 0.1) is 21.3 Å². The van der Waals surface area contributed by atoms with Gasteiger partial charge in [0.25, 0.3) is 0 Å². The van der Waals surface area contributed by atoms with Crippen molar-refractivity contribution in [1.82, 2.24) is 4.90 Å². The Hall–Kier alpha value is -2.40. The average molecular weight is 357 g/mol. The second kappa shape index (κ2) is 8.32. The van der Waals surface area contributed by atoms with Crippen LogP contribution in [0.25, 0.3) is 0 Å². The molecule has 0 unspecified atom stereocenters. The number of nitrogens with zero attached hydrogens (tertiary/aromatic N) is 1. The fourth-order valence-corrected chi connectivity index (χ4v) is 3.31. The molecule has 0 radical (unpaired) electrons. The van der Waals surface area contributed by atoms with E-state index in [4.69, 9.17) is 18.9 Å². The van der Waals surface area contributed by atoms with Gasteiger partial charge >= 0.3 is 0 Å². The van der Waals surface area contributed by atoms with E-state index < -0.39 is 0 Å². The summed E-state index contributed by atoms with van der Waals surface area (Å²) in [6.07, 6.45) is 1.11. The molecule has 5 nitrogen and oxygen atoms in total. The van der Waals surface area contributed by atoms with Gasteiger partial charge < -0.3 is 18.9 Å². The second-order valence-electron chi connectivity index (χ2n) is 6.47. The summed E-state index contributed by atoms with van der Waals surface area (Å²) in [6.45, 7) is 4.57. The third-order valence-electron chi connectivity index (χ3n) is 4.75. The van der Waals surface area contributed by atoms with Gasteiger partial charge in [-0.3, -0.25) is 4.90 Å². The van der Waals surface area contributed by atoms with Crippen molar-refractivity contribution in [2.45, 2.75) is 32.5 Å². The molecule has 0 bridgehead atoms. The maximum absolute atomic E-state index is 6.22. The molecule has 2 aromatic carbocycles. The van der Waals surface area contributed by atoms with Gasteiger partial charge in [-0.1, -0.05) is 6.92 Å². The van der Waals surface area contributed by atoms with Crippen molar-refractivity contribution in [3.8, 4) is 23.0 Å². The highest BCUT2D eigenvalue weighted by Gasteiger charge is 2.23. The largest absolute Gasteiger partial charge is 0.497 e. The van der Waals surface area contributed by atoms with Crippen LogP contribution < -0.4 is 18.9 Å². The van der Waals surface area contributed by atoms with Crippen LogP contribution in [0.1, 0.15) is 24.5 Å². The molecule has 0 fully saturated rings. The van der Waals surface area contributed by atoms with Crippen molar-refractivity contribution in [2.75, 3.05) is 27.9 Å². The minimum Gasteiger partial charge on any atom is -0.497 e. The first-order valence-corrected chi connectivity index (χ1v) is 8.93. The van der Waals surface area contributed by atoms with E-state index in [0.29, 0.717) is 0 Å². The molecule has 0 N–H and O–H groups in total. The van der Waals surface area contributed by atoms with Crippen LogP contribution in [-0.2, 0) is 13.1 Å². The molecular weight excluding hydrogens is 330 g/mol. The first-order valence-electron chi connectivity index (χ1n) is 8.93. The number of hydrogen-bond donors (Lipinski definition) is 0. The summed E-state index contributed by atoms with van der Waals surface area (Å²) in [5.41, 5.74) is 2.25. The van der Waals surface area contributed by atoms with Crippen LogP contribution in [0.3, 0.4) is 0 Å². The Morgan fingerprint density at radius 3 is 2.42 bits per heavy atom. The van der Waals surface area contributed by atoms with Crippen LogP contribution in [0, 0.1) is 0 Å². The van der Waals surface area contributed by atoms with E-state index in [9.17, 15) is 0 Å². The Bertz CT molecular complexity index is 747. The van der Waals surface area contributed by atoms with Crippen LogP contribution >= 0.6 is 0 Å².